The van der Waals surface area contributed by atoms with Crippen LogP contribution in [0.3, 0.4) is 0 Å². The molecule has 0 fully saturated rings. The molecule has 3 rings (SSSR count). The van der Waals surface area contributed by atoms with Gasteiger partial charge in [-0.2, -0.15) is 23.5 Å². The normalized spacial score (nSPS) is 16.4. The Labute approximate surface area is 218 Å². The van der Waals surface area contributed by atoms with E-state index in [2.05, 4.69) is 29.9 Å². The van der Waals surface area contributed by atoms with Gasteiger partial charge in [0.05, 0.1) is 29.2 Å². The van der Waals surface area contributed by atoms with E-state index in [0.29, 0.717) is 41.3 Å². The second-order valence-electron chi connectivity index (χ2n) is 8.69. The molecule has 0 bridgehead atoms. The van der Waals surface area contributed by atoms with E-state index in [1.807, 2.05) is 19.9 Å². The van der Waals surface area contributed by atoms with E-state index in [-0.39, 0.29) is 18.4 Å². The summed E-state index contributed by atoms with van der Waals surface area (Å²) in [5, 5.41) is 22.9. The summed E-state index contributed by atoms with van der Waals surface area (Å²) in [6, 6.07) is 8.99. The third-order valence-corrected chi connectivity index (χ3v) is 5.60. The standard InChI is InChI=1S/C23H29N5O3.C2HF3O2/c1-5-27(6-2)11-12-30-22(29)16-7-9-17(10-8-16)28-21(25)19(14-24)18-13-23(3,4)31-15-20(18)26-28;3-2(4,5)1(6)7/h7-10,13H,5-6,11-12,15,25H2,1-4H3;(H,6,7). The number of hydrogen-bond acceptors (Lipinski definition) is 9. The van der Waals surface area contributed by atoms with Crippen LogP contribution in [-0.2, 0) is 14.3 Å². The number of halogens is 3. The molecule has 2 aliphatic rings. The highest BCUT2D eigenvalue weighted by Gasteiger charge is 2.38. The number of likely N-dealkylation sites (N-methyl/N-ethyl adjacent to an activating group) is 1. The van der Waals surface area contributed by atoms with Crippen molar-refractivity contribution in [1.82, 2.24) is 4.90 Å². The van der Waals surface area contributed by atoms with Gasteiger partial charge in [0.2, 0.25) is 0 Å². The fourth-order valence-corrected chi connectivity index (χ4v) is 3.47. The smallest absolute Gasteiger partial charge is 0.475 e. The number of allylic oxidation sites excluding steroid dienone is 1. The van der Waals surface area contributed by atoms with E-state index in [0.717, 1.165) is 13.1 Å². The number of nitrogens with zero attached hydrogens (tertiary/aromatic N) is 4. The minimum absolute atomic E-state index is 0.241. The molecule has 10 nitrogen and oxygen atoms in total. The van der Waals surface area contributed by atoms with Crippen LogP contribution in [0.1, 0.15) is 38.1 Å². The molecule has 0 unspecified atom stereocenters. The quantitative estimate of drug-likeness (QED) is 0.500. The number of carbonyl (C=O) groups is 2. The number of alkyl halides is 3. The lowest BCUT2D eigenvalue weighted by Crippen LogP contribution is -2.39. The molecular formula is C25H30F3N5O5. The molecule has 0 amide bonds. The Kier molecular flexibility index (Phi) is 10.0. The van der Waals surface area contributed by atoms with Gasteiger partial charge in [0.25, 0.3) is 0 Å². The minimum Gasteiger partial charge on any atom is -0.475 e. The van der Waals surface area contributed by atoms with Crippen molar-refractivity contribution in [2.75, 3.05) is 37.9 Å². The summed E-state index contributed by atoms with van der Waals surface area (Å²) in [5.74, 6) is -2.89. The highest BCUT2D eigenvalue weighted by Crippen LogP contribution is 2.32. The van der Waals surface area contributed by atoms with Crippen LogP contribution < -0.4 is 10.7 Å². The number of nitrogens with two attached hydrogens (primary N) is 1. The highest BCUT2D eigenvalue weighted by atomic mass is 19.4. The van der Waals surface area contributed by atoms with Crippen LogP contribution >= 0.6 is 0 Å². The van der Waals surface area contributed by atoms with E-state index in [4.69, 9.17) is 25.1 Å². The number of ether oxygens (including phenoxy) is 2. The van der Waals surface area contributed by atoms with E-state index < -0.39 is 17.7 Å². The number of aliphatic carboxylic acids is 1. The van der Waals surface area contributed by atoms with Crippen LogP contribution in [0.5, 0.6) is 0 Å². The zero-order valence-electron chi connectivity index (χ0n) is 21.5. The summed E-state index contributed by atoms with van der Waals surface area (Å²) in [6.07, 6.45) is -3.21. The van der Waals surface area contributed by atoms with E-state index in [9.17, 15) is 23.2 Å². The fourth-order valence-electron chi connectivity index (χ4n) is 3.47. The summed E-state index contributed by atoms with van der Waals surface area (Å²) in [7, 11) is 0. The number of esters is 1. The zero-order chi connectivity index (χ0) is 28.7. The van der Waals surface area contributed by atoms with Gasteiger partial charge in [-0.15, -0.1) is 0 Å². The molecule has 2 aliphatic heterocycles. The van der Waals surface area contributed by atoms with Gasteiger partial charge in [-0.1, -0.05) is 13.8 Å². The molecular weight excluding hydrogens is 507 g/mol. The number of nitriles is 1. The molecule has 13 heteroatoms. The maximum atomic E-state index is 12.3. The average molecular weight is 538 g/mol. The predicted octanol–water partition coefficient (Wildman–Crippen LogP) is 3.42. The number of anilines is 1. The van der Waals surface area contributed by atoms with Crippen LogP contribution in [0.15, 0.2) is 52.4 Å². The van der Waals surface area contributed by atoms with Crippen molar-refractivity contribution in [3.63, 3.8) is 0 Å². The first-order chi connectivity index (χ1) is 17.7. The average Bonchev–Trinajstić information content (AvgIpc) is 2.86. The van der Waals surface area contributed by atoms with Gasteiger partial charge in [0, 0.05) is 12.1 Å². The Balaban J connectivity index is 0.000000638. The zero-order valence-corrected chi connectivity index (χ0v) is 21.5. The van der Waals surface area contributed by atoms with Crippen LogP contribution in [0.2, 0.25) is 0 Å². The Bertz CT molecular complexity index is 1160. The Morgan fingerprint density at radius 2 is 1.84 bits per heavy atom. The number of rotatable bonds is 7. The Hall–Kier alpha value is -3.89. The van der Waals surface area contributed by atoms with Crippen molar-refractivity contribution in [2.45, 2.75) is 39.5 Å². The topological polar surface area (TPSA) is 141 Å². The summed E-state index contributed by atoms with van der Waals surface area (Å²) in [4.78, 5) is 23.4. The van der Waals surface area contributed by atoms with Gasteiger partial charge in [0.15, 0.2) is 0 Å². The number of fused-ring (bicyclic) bond motifs is 1. The fraction of sp³-hybridized carbons (Fsp3) is 0.440. The van der Waals surface area contributed by atoms with E-state index in [1.165, 1.54) is 5.01 Å². The SMILES string of the molecule is CCN(CC)CCOC(=O)c1ccc(N2N=C3COC(C)(C)C=C3C(C#N)=C2N)cc1.O=C(O)C(F)(F)F. The number of carbonyl (C=O) groups excluding carboxylic acids is 1. The van der Waals surface area contributed by atoms with Gasteiger partial charge < -0.3 is 25.2 Å². The molecule has 1 aromatic carbocycles. The molecule has 0 saturated heterocycles. The molecule has 0 aliphatic carbocycles. The third kappa shape index (κ3) is 7.80. The van der Waals surface area contributed by atoms with E-state index in [1.54, 1.807) is 24.3 Å². The maximum Gasteiger partial charge on any atom is 0.490 e. The molecule has 0 saturated carbocycles. The van der Waals surface area contributed by atoms with Crippen LogP contribution in [0, 0.1) is 11.3 Å². The van der Waals surface area contributed by atoms with Gasteiger partial charge in [0.1, 0.15) is 24.1 Å². The molecule has 0 atom stereocenters. The molecule has 38 heavy (non-hydrogen) atoms. The summed E-state index contributed by atoms with van der Waals surface area (Å²) >= 11 is 0. The number of carboxylic acid groups (broad SMARTS) is 1. The highest BCUT2D eigenvalue weighted by molar-refractivity contribution is 6.08. The maximum absolute atomic E-state index is 12.3. The first-order valence-corrected chi connectivity index (χ1v) is 11.7. The number of carboxylic acids is 1. The molecule has 1 aromatic rings. The van der Waals surface area contributed by atoms with Crippen molar-refractivity contribution in [3.8, 4) is 6.07 Å². The lowest BCUT2D eigenvalue weighted by molar-refractivity contribution is -0.192. The first-order valence-electron chi connectivity index (χ1n) is 11.7. The Morgan fingerprint density at radius 1 is 1.26 bits per heavy atom. The van der Waals surface area contributed by atoms with Crippen molar-refractivity contribution in [1.29, 1.82) is 5.26 Å². The van der Waals surface area contributed by atoms with Gasteiger partial charge in [-0.25, -0.2) is 14.6 Å². The minimum atomic E-state index is -5.08. The third-order valence-electron chi connectivity index (χ3n) is 5.60. The first kappa shape index (κ1) is 30.3. The monoisotopic (exact) mass is 537 g/mol. The molecule has 0 radical (unpaired) electrons. The molecule has 3 N–H and O–H groups in total. The van der Waals surface area contributed by atoms with Crippen molar-refractivity contribution >= 4 is 23.3 Å². The molecule has 0 aromatic heterocycles. The van der Waals surface area contributed by atoms with Crippen LogP contribution in [0.4, 0.5) is 18.9 Å². The summed E-state index contributed by atoms with van der Waals surface area (Å²) in [5.41, 5.74) is 8.58. The summed E-state index contributed by atoms with van der Waals surface area (Å²) < 4.78 is 42.9. The van der Waals surface area contributed by atoms with Crippen LogP contribution in [0.25, 0.3) is 0 Å². The van der Waals surface area contributed by atoms with Crippen molar-refractivity contribution < 1.29 is 37.3 Å². The van der Waals surface area contributed by atoms with E-state index >= 15 is 0 Å². The number of hydrazone groups is 1. The van der Waals surface area contributed by atoms with Gasteiger partial charge >= 0.3 is 18.1 Å². The lowest BCUT2D eigenvalue weighted by Gasteiger charge is -2.34. The molecule has 0 spiro atoms. The lowest BCUT2D eigenvalue weighted by atomic mass is 9.92. The largest absolute Gasteiger partial charge is 0.490 e. The summed E-state index contributed by atoms with van der Waals surface area (Å²) in [6.45, 7) is 11.2. The predicted molar refractivity (Wildman–Crippen MR) is 133 cm³/mol. The second kappa shape index (κ2) is 12.6. The Morgan fingerprint density at radius 3 is 2.34 bits per heavy atom. The molecule has 206 valence electrons. The second-order valence-corrected chi connectivity index (χ2v) is 8.69. The molecule has 2 heterocycles. The number of hydrogen-bond donors (Lipinski definition) is 2. The van der Waals surface area contributed by atoms with Crippen molar-refractivity contribution in [2.24, 2.45) is 10.8 Å². The van der Waals surface area contributed by atoms with Crippen LogP contribution in [-0.4, -0.2) is 72.3 Å². The number of benzene rings is 1. The van der Waals surface area contributed by atoms with Gasteiger partial charge in [-0.3, -0.25) is 0 Å². The van der Waals surface area contributed by atoms with Crippen molar-refractivity contribution in [3.05, 3.63) is 52.9 Å². The van der Waals surface area contributed by atoms with Gasteiger partial charge in [-0.05, 0) is 57.3 Å².